The molecular weight excluding hydrogens is 224 g/mol. The molecule has 0 aromatic carbocycles. The van der Waals surface area contributed by atoms with Gasteiger partial charge >= 0.3 is 0 Å². The molecule has 104 valence electrons. The van der Waals surface area contributed by atoms with Gasteiger partial charge in [0.1, 0.15) is 0 Å². The van der Waals surface area contributed by atoms with Crippen molar-refractivity contribution in [1.29, 1.82) is 0 Å². The molecule has 3 nitrogen and oxygen atoms in total. The van der Waals surface area contributed by atoms with Crippen LogP contribution < -0.4 is 5.32 Å². The Morgan fingerprint density at radius 2 is 1.78 bits per heavy atom. The lowest BCUT2D eigenvalue weighted by molar-refractivity contribution is -0.137. The van der Waals surface area contributed by atoms with Gasteiger partial charge in [0.25, 0.3) is 0 Å². The summed E-state index contributed by atoms with van der Waals surface area (Å²) in [5, 5.41) is 3.42. The Morgan fingerprint density at radius 3 is 2.50 bits per heavy atom. The molecule has 1 aliphatic heterocycles. The van der Waals surface area contributed by atoms with E-state index in [9.17, 15) is 4.79 Å². The molecule has 1 amide bonds. The van der Waals surface area contributed by atoms with Crippen LogP contribution >= 0.6 is 0 Å². The highest BCUT2D eigenvalue weighted by Gasteiger charge is 2.29. The van der Waals surface area contributed by atoms with Crippen LogP contribution in [0, 0.1) is 11.8 Å². The Bertz CT molecular complexity index is 264. The molecule has 2 rings (SSSR count). The fourth-order valence-corrected chi connectivity index (χ4v) is 3.36. The van der Waals surface area contributed by atoms with Crippen molar-refractivity contribution in [3.8, 4) is 0 Å². The molecule has 1 unspecified atom stereocenters. The van der Waals surface area contributed by atoms with Crippen LogP contribution in [0.25, 0.3) is 0 Å². The first-order valence-corrected chi connectivity index (χ1v) is 7.66. The van der Waals surface area contributed by atoms with Crippen molar-refractivity contribution in [2.45, 2.75) is 57.9 Å². The highest BCUT2D eigenvalue weighted by atomic mass is 16.2. The number of amides is 1. The Morgan fingerprint density at radius 1 is 1.06 bits per heavy atom. The minimum absolute atomic E-state index is 0.308. The third-order valence-electron chi connectivity index (χ3n) is 4.81. The van der Waals surface area contributed by atoms with E-state index in [-0.39, 0.29) is 0 Å². The molecule has 1 N–H and O–H groups in total. The van der Waals surface area contributed by atoms with Gasteiger partial charge in [-0.3, -0.25) is 4.79 Å². The largest absolute Gasteiger partial charge is 0.342 e. The van der Waals surface area contributed by atoms with Crippen molar-refractivity contribution in [3.63, 3.8) is 0 Å². The molecule has 1 saturated carbocycles. The standard InChI is InChI=1S/C15H28N2O/c1-12-5-7-13(8-6-12)15(18)17(2)14-4-3-10-16-11-9-14/h12-14,16H,3-11H2,1-2H3. The highest BCUT2D eigenvalue weighted by Crippen LogP contribution is 2.30. The summed E-state index contributed by atoms with van der Waals surface area (Å²) in [7, 11) is 2.02. The van der Waals surface area contributed by atoms with Crippen molar-refractivity contribution >= 4 is 5.91 Å². The van der Waals surface area contributed by atoms with Crippen LogP contribution in [0.5, 0.6) is 0 Å². The number of hydrogen-bond acceptors (Lipinski definition) is 2. The fourth-order valence-electron chi connectivity index (χ4n) is 3.36. The molecule has 0 spiro atoms. The van der Waals surface area contributed by atoms with Gasteiger partial charge in [-0.2, -0.15) is 0 Å². The van der Waals surface area contributed by atoms with E-state index in [1.54, 1.807) is 0 Å². The SMILES string of the molecule is CC1CCC(C(=O)N(C)C2CCCNCC2)CC1. The van der Waals surface area contributed by atoms with Crippen LogP contribution in [-0.4, -0.2) is 37.0 Å². The average Bonchev–Trinajstić information content (AvgIpc) is 2.67. The predicted octanol–water partition coefficient (Wildman–Crippen LogP) is 2.41. The van der Waals surface area contributed by atoms with E-state index in [2.05, 4.69) is 17.1 Å². The number of nitrogens with zero attached hydrogens (tertiary/aromatic N) is 1. The second-order valence-corrected chi connectivity index (χ2v) is 6.24. The molecule has 3 heteroatoms. The first-order chi connectivity index (χ1) is 8.68. The molecule has 1 aliphatic carbocycles. The zero-order valence-corrected chi connectivity index (χ0v) is 12.0. The zero-order valence-electron chi connectivity index (χ0n) is 12.0. The molecule has 1 saturated heterocycles. The number of hydrogen-bond donors (Lipinski definition) is 1. The second kappa shape index (κ2) is 6.55. The Balaban J connectivity index is 1.87. The van der Waals surface area contributed by atoms with Crippen molar-refractivity contribution < 1.29 is 4.79 Å². The highest BCUT2D eigenvalue weighted by molar-refractivity contribution is 5.79. The number of rotatable bonds is 2. The van der Waals surface area contributed by atoms with Gasteiger partial charge in [0.05, 0.1) is 0 Å². The normalized spacial score (nSPS) is 33.8. The van der Waals surface area contributed by atoms with E-state index in [0.717, 1.165) is 38.3 Å². The van der Waals surface area contributed by atoms with E-state index >= 15 is 0 Å². The van der Waals surface area contributed by atoms with Crippen LogP contribution in [0.2, 0.25) is 0 Å². The molecule has 18 heavy (non-hydrogen) atoms. The summed E-state index contributed by atoms with van der Waals surface area (Å²) in [6.45, 7) is 4.48. The molecule has 0 radical (unpaired) electrons. The third kappa shape index (κ3) is 3.47. The summed E-state index contributed by atoms with van der Waals surface area (Å²) in [5.41, 5.74) is 0. The van der Waals surface area contributed by atoms with Gasteiger partial charge in [-0.15, -0.1) is 0 Å². The molecule has 2 fully saturated rings. The van der Waals surface area contributed by atoms with Crippen LogP contribution in [-0.2, 0) is 4.79 Å². The molecular formula is C15H28N2O. The minimum Gasteiger partial charge on any atom is -0.342 e. The van der Waals surface area contributed by atoms with Crippen molar-refractivity contribution in [2.24, 2.45) is 11.8 Å². The first-order valence-electron chi connectivity index (χ1n) is 7.66. The summed E-state index contributed by atoms with van der Waals surface area (Å²) in [6.07, 6.45) is 8.16. The van der Waals surface area contributed by atoms with E-state index in [0.29, 0.717) is 17.9 Å². The van der Waals surface area contributed by atoms with Crippen molar-refractivity contribution in [2.75, 3.05) is 20.1 Å². The molecule has 0 bridgehead atoms. The quantitative estimate of drug-likeness (QED) is 0.818. The molecule has 1 atom stereocenters. The first kappa shape index (κ1) is 13.9. The lowest BCUT2D eigenvalue weighted by Gasteiger charge is -2.33. The Kier molecular flexibility index (Phi) is 5.04. The van der Waals surface area contributed by atoms with Crippen LogP contribution in [0.4, 0.5) is 0 Å². The van der Waals surface area contributed by atoms with Gasteiger partial charge in [-0.1, -0.05) is 6.92 Å². The molecule has 2 aliphatic rings. The Hall–Kier alpha value is -0.570. The van der Waals surface area contributed by atoms with E-state index in [1.165, 1.54) is 25.7 Å². The summed E-state index contributed by atoms with van der Waals surface area (Å²) < 4.78 is 0. The maximum absolute atomic E-state index is 12.5. The summed E-state index contributed by atoms with van der Waals surface area (Å²) in [5.74, 6) is 1.54. The van der Waals surface area contributed by atoms with Gasteiger partial charge in [-0.05, 0) is 64.0 Å². The van der Waals surface area contributed by atoms with E-state index < -0.39 is 0 Å². The van der Waals surface area contributed by atoms with Crippen molar-refractivity contribution in [3.05, 3.63) is 0 Å². The fraction of sp³-hybridized carbons (Fsp3) is 0.933. The van der Waals surface area contributed by atoms with Gasteiger partial charge in [0.2, 0.25) is 5.91 Å². The third-order valence-corrected chi connectivity index (χ3v) is 4.81. The van der Waals surface area contributed by atoms with E-state index in [1.807, 2.05) is 7.05 Å². The topological polar surface area (TPSA) is 32.3 Å². The van der Waals surface area contributed by atoms with Gasteiger partial charge in [0, 0.05) is 19.0 Å². The maximum Gasteiger partial charge on any atom is 0.225 e. The monoisotopic (exact) mass is 252 g/mol. The second-order valence-electron chi connectivity index (χ2n) is 6.24. The van der Waals surface area contributed by atoms with Crippen LogP contribution in [0.3, 0.4) is 0 Å². The smallest absolute Gasteiger partial charge is 0.225 e. The van der Waals surface area contributed by atoms with E-state index in [4.69, 9.17) is 0 Å². The lowest BCUT2D eigenvalue weighted by Crippen LogP contribution is -2.42. The van der Waals surface area contributed by atoms with Crippen LogP contribution in [0.1, 0.15) is 51.9 Å². The van der Waals surface area contributed by atoms with Crippen molar-refractivity contribution in [1.82, 2.24) is 10.2 Å². The summed E-state index contributed by atoms with van der Waals surface area (Å²) in [6, 6.07) is 0.465. The lowest BCUT2D eigenvalue weighted by atomic mass is 9.82. The van der Waals surface area contributed by atoms with Gasteiger partial charge in [0.15, 0.2) is 0 Å². The number of carbonyl (C=O) groups is 1. The zero-order chi connectivity index (χ0) is 13.0. The minimum atomic E-state index is 0.308. The van der Waals surface area contributed by atoms with Crippen LogP contribution in [0.15, 0.2) is 0 Å². The average molecular weight is 252 g/mol. The Labute approximate surface area is 111 Å². The predicted molar refractivity (Wildman–Crippen MR) is 74.4 cm³/mol. The number of nitrogens with one attached hydrogen (secondary N) is 1. The summed E-state index contributed by atoms with van der Waals surface area (Å²) >= 11 is 0. The van der Waals surface area contributed by atoms with Gasteiger partial charge < -0.3 is 10.2 Å². The molecule has 0 aromatic rings. The molecule has 0 aromatic heterocycles. The maximum atomic E-state index is 12.5. The molecule has 1 heterocycles. The number of carbonyl (C=O) groups excluding carboxylic acids is 1. The summed E-state index contributed by atoms with van der Waals surface area (Å²) in [4.78, 5) is 14.6. The van der Waals surface area contributed by atoms with Gasteiger partial charge in [-0.25, -0.2) is 0 Å².